The Bertz CT molecular complexity index is 527. The average Bonchev–Trinajstić information content (AvgIpc) is 2.66. The smallest absolute Gasteiger partial charge is 0.174 e. The number of methoxy groups -OCH3 is 1. The number of nitrogens with zero attached hydrogens (tertiary/aromatic N) is 1. The van der Waals surface area contributed by atoms with E-state index < -0.39 is 5.82 Å². The number of anilines is 1. The summed E-state index contributed by atoms with van der Waals surface area (Å²) in [7, 11) is 1.38. The first-order valence-electron chi connectivity index (χ1n) is 4.46. The van der Waals surface area contributed by atoms with E-state index in [1.165, 1.54) is 19.4 Å². The van der Waals surface area contributed by atoms with Gasteiger partial charge in [-0.25, -0.2) is 4.39 Å². The summed E-state index contributed by atoms with van der Waals surface area (Å²) in [6, 6.07) is 3.00. The van der Waals surface area contributed by atoms with Gasteiger partial charge in [-0.2, -0.15) is 5.10 Å². The van der Waals surface area contributed by atoms with Gasteiger partial charge in [0.05, 0.1) is 18.3 Å². The van der Waals surface area contributed by atoms with E-state index in [0.29, 0.717) is 5.56 Å². The second-order valence-corrected chi connectivity index (χ2v) is 3.54. The molecule has 84 valence electrons. The highest BCUT2D eigenvalue weighted by Gasteiger charge is 2.17. The number of ether oxygens (including phenoxy) is 1. The van der Waals surface area contributed by atoms with Crippen LogP contribution in [0.4, 0.5) is 10.2 Å². The summed E-state index contributed by atoms with van der Waals surface area (Å²) in [6.07, 6.45) is 1.42. The molecule has 0 aliphatic rings. The molecule has 0 aliphatic heterocycles. The SMILES string of the molecule is COc1ccc(Cl)c(-c2cn[nH]c2N)c1F. The van der Waals surface area contributed by atoms with E-state index in [1.54, 1.807) is 6.07 Å². The van der Waals surface area contributed by atoms with Gasteiger partial charge in [-0.15, -0.1) is 0 Å². The summed E-state index contributed by atoms with van der Waals surface area (Å²) in [5, 5.41) is 6.50. The monoisotopic (exact) mass is 241 g/mol. The van der Waals surface area contributed by atoms with Crippen molar-refractivity contribution in [3.63, 3.8) is 0 Å². The van der Waals surface area contributed by atoms with E-state index in [4.69, 9.17) is 22.1 Å². The minimum absolute atomic E-state index is 0.111. The van der Waals surface area contributed by atoms with Crippen LogP contribution < -0.4 is 10.5 Å². The Hall–Kier alpha value is -1.75. The van der Waals surface area contributed by atoms with Crippen LogP contribution in [0, 0.1) is 5.82 Å². The van der Waals surface area contributed by atoms with E-state index >= 15 is 0 Å². The van der Waals surface area contributed by atoms with Crippen LogP contribution in [0.15, 0.2) is 18.3 Å². The van der Waals surface area contributed by atoms with Crippen LogP contribution in [-0.4, -0.2) is 17.3 Å². The van der Waals surface area contributed by atoms with Crippen LogP contribution >= 0.6 is 11.6 Å². The van der Waals surface area contributed by atoms with E-state index in [2.05, 4.69) is 10.2 Å². The Balaban J connectivity index is 2.69. The van der Waals surface area contributed by atoms with E-state index in [1.807, 2.05) is 0 Å². The number of aromatic nitrogens is 2. The first kappa shape index (κ1) is 10.8. The molecule has 4 nitrogen and oxygen atoms in total. The van der Waals surface area contributed by atoms with Crippen molar-refractivity contribution in [3.05, 3.63) is 29.2 Å². The molecule has 0 atom stereocenters. The van der Waals surface area contributed by atoms with Crippen molar-refractivity contribution in [2.45, 2.75) is 0 Å². The van der Waals surface area contributed by atoms with Gasteiger partial charge in [-0.1, -0.05) is 11.6 Å². The van der Waals surface area contributed by atoms with Gasteiger partial charge in [0.2, 0.25) is 0 Å². The predicted octanol–water partition coefficient (Wildman–Crippen LogP) is 2.46. The molecule has 0 aliphatic carbocycles. The highest BCUT2D eigenvalue weighted by Crippen LogP contribution is 2.37. The first-order chi connectivity index (χ1) is 7.65. The summed E-state index contributed by atoms with van der Waals surface area (Å²) in [4.78, 5) is 0. The van der Waals surface area contributed by atoms with Gasteiger partial charge in [0.25, 0.3) is 0 Å². The first-order valence-corrected chi connectivity index (χ1v) is 4.84. The maximum Gasteiger partial charge on any atom is 0.174 e. The molecule has 0 spiro atoms. The molecular formula is C10H9ClFN3O. The molecular weight excluding hydrogens is 233 g/mol. The Labute approximate surface area is 96.2 Å². The van der Waals surface area contributed by atoms with E-state index in [0.717, 1.165) is 0 Å². The molecule has 2 rings (SSSR count). The molecule has 1 aromatic heterocycles. The predicted molar refractivity (Wildman–Crippen MR) is 60.0 cm³/mol. The number of rotatable bonds is 2. The number of H-pyrrole nitrogens is 1. The lowest BCUT2D eigenvalue weighted by molar-refractivity contribution is 0.387. The number of nitrogens with one attached hydrogen (secondary N) is 1. The van der Waals surface area contributed by atoms with Crippen molar-refractivity contribution < 1.29 is 9.13 Å². The molecule has 1 heterocycles. The summed E-state index contributed by atoms with van der Waals surface area (Å²) in [6.45, 7) is 0. The molecule has 16 heavy (non-hydrogen) atoms. The molecule has 0 bridgehead atoms. The maximum absolute atomic E-state index is 14.0. The van der Waals surface area contributed by atoms with Gasteiger partial charge in [-0.05, 0) is 12.1 Å². The Kier molecular flexibility index (Phi) is 2.70. The topological polar surface area (TPSA) is 63.9 Å². The second kappa shape index (κ2) is 4.02. The van der Waals surface area contributed by atoms with Gasteiger partial charge in [0, 0.05) is 11.1 Å². The molecule has 2 aromatic rings. The minimum atomic E-state index is -0.553. The van der Waals surface area contributed by atoms with Gasteiger partial charge < -0.3 is 10.5 Å². The quantitative estimate of drug-likeness (QED) is 0.849. The lowest BCUT2D eigenvalue weighted by atomic mass is 10.1. The van der Waals surface area contributed by atoms with Crippen LogP contribution in [0.25, 0.3) is 11.1 Å². The number of hydrogen-bond acceptors (Lipinski definition) is 3. The third-order valence-electron chi connectivity index (χ3n) is 2.21. The molecule has 0 saturated heterocycles. The van der Waals surface area contributed by atoms with Gasteiger partial charge in [-0.3, -0.25) is 5.10 Å². The summed E-state index contributed by atoms with van der Waals surface area (Å²) >= 11 is 5.93. The fraction of sp³-hybridized carbons (Fsp3) is 0.100. The Morgan fingerprint density at radius 1 is 1.50 bits per heavy atom. The normalized spacial score (nSPS) is 10.4. The zero-order valence-electron chi connectivity index (χ0n) is 8.42. The third-order valence-corrected chi connectivity index (χ3v) is 2.53. The zero-order chi connectivity index (χ0) is 11.7. The van der Waals surface area contributed by atoms with Crippen molar-refractivity contribution >= 4 is 17.4 Å². The molecule has 0 unspecified atom stereocenters. The maximum atomic E-state index is 14.0. The number of halogens is 2. The summed E-state index contributed by atoms with van der Waals surface area (Å²) in [5.74, 6) is -0.183. The van der Waals surface area contributed by atoms with Crippen LogP contribution in [0.5, 0.6) is 5.75 Å². The number of nitrogens with two attached hydrogens (primary N) is 1. The summed E-state index contributed by atoms with van der Waals surface area (Å²) in [5.41, 5.74) is 6.22. The fourth-order valence-corrected chi connectivity index (χ4v) is 1.68. The average molecular weight is 242 g/mol. The molecule has 0 radical (unpaired) electrons. The van der Waals surface area contributed by atoms with E-state index in [9.17, 15) is 4.39 Å². The van der Waals surface area contributed by atoms with Crippen molar-refractivity contribution in [1.29, 1.82) is 0 Å². The molecule has 6 heteroatoms. The Morgan fingerprint density at radius 2 is 2.25 bits per heavy atom. The largest absolute Gasteiger partial charge is 0.494 e. The van der Waals surface area contributed by atoms with Gasteiger partial charge >= 0.3 is 0 Å². The van der Waals surface area contributed by atoms with Crippen LogP contribution in [0.3, 0.4) is 0 Å². The number of benzene rings is 1. The molecule has 3 N–H and O–H groups in total. The molecule has 1 aromatic carbocycles. The zero-order valence-corrected chi connectivity index (χ0v) is 9.18. The van der Waals surface area contributed by atoms with Crippen molar-refractivity contribution in [3.8, 4) is 16.9 Å². The van der Waals surface area contributed by atoms with Crippen LogP contribution in [0.2, 0.25) is 5.02 Å². The Morgan fingerprint density at radius 3 is 2.81 bits per heavy atom. The third kappa shape index (κ3) is 1.59. The lowest BCUT2D eigenvalue weighted by Crippen LogP contribution is -1.94. The van der Waals surface area contributed by atoms with Gasteiger partial charge in [0.15, 0.2) is 11.6 Å². The number of aromatic amines is 1. The molecule has 0 fully saturated rings. The van der Waals surface area contributed by atoms with Crippen LogP contribution in [-0.2, 0) is 0 Å². The minimum Gasteiger partial charge on any atom is -0.494 e. The fourth-order valence-electron chi connectivity index (χ4n) is 1.43. The highest BCUT2D eigenvalue weighted by atomic mass is 35.5. The van der Waals surface area contributed by atoms with Crippen molar-refractivity contribution in [2.75, 3.05) is 12.8 Å². The van der Waals surface area contributed by atoms with Crippen molar-refractivity contribution in [1.82, 2.24) is 10.2 Å². The van der Waals surface area contributed by atoms with Crippen molar-refractivity contribution in [2.24, 2.45) is 0 Å². The highest BCUT2D eigenvalue weighted by molar-refractivity contribution is 6.33. The molecule has 0 amide bonds. The lowest BCUT2D eigenvalue weighted by Gasteiger charge is -2.08. The second-order valence-electron chi connectivity index (χ2n) is 3.14. The summed E-state index contributed by atoms with van der Waals surface area (Å²) < 4.78 is 18.8. The van der Waals surface area contributed by atoms with Gasteiger partial charge in [0.1, 0.15) is 5.82 Å². The molecule has 0 saturated carbocycles. The van der Waals surface area contributed by atoms with Crippen LogP contribution in [0.1, 0.15) is 0 Å². The standard InChI is InChI=1S/C10H9ClFN3O/c1-16-7-3-2-6(11)8(9(7)12)5-4-14-15-10(5)13/h2-4H,1H3,(H3,13,14,15). The van der Waals surface area contributed by atoms with E-state index in [-0.39, 0.29) is 22.2 Å². The number of nitrogen functional groups attached to an aromatic ring is 1. The number of hydrogen-bond donors (Lipinski definition) is 2.